The average Bonchev–Trinajstić information content (AvgIpc) is 3.05. The summed E-state index contributed by atoms with van der Waals surface area (Å²) in [5.41, 5.74) is -1.03. The van der Waals surface area contributed by atoms with E-state index in [0.717, 1.165) is 0 Å². The van der Waals surface area contributed by atoms with Crippen LogP contribution in [0.25, 0.3) is 0 Å². The van der Waals surface area contributed by atoms with Gasteiger partial charge in [0.15, 0.2) is 8.45 Å². The number of nitrogens with zero attached hydrogens (tertiary/aromatic N) is 2. The Hall–Kier alpha value is 0.621. The molecule has 0 atom stereocenters. The fraction of sp³-hybridized carbons (Fsp3) is 0.982. The molecule has 14 heteroatoms. The highest BCUT2D eigenvalue weighted by molar-refractivity contribution is 8.13. The molecule has 0 unspecified atom stereocenters. The maximum absolute atomic E-state index is 15.0. The van der Waals surface area contributed by atoms with Crippen molar-refractivity contribution in [2.24, 2.45) is 0 Å². The summed E-state index contributed by atoms with van der Waals surface area (Å²) >= 11 is 1.28. The number of hydrogen-bond donors (Lipinski definition) is 1. The molecule has 9 nitrogen and oxygen atoms in total. The summed E-state index contributed by atoms with van der Waals surface area (Å²) in [6.07, 6.45) is 0. The lowest BCUT2D eigenvalue weighted by atomic mass is 10.0. The third kappa shape index (κ3) is 16.6. The normalized spacial score (nSPS) is 15.5. The van der Waals surface area contributed by atoms with Crippen LogP contribution in [0, 0.1) is 0 Å². The Bertz CT molecular complexity index is 1340. The van der Waals surface area contributed by atoms with Crippen LogP contribution in [0.4, 0.5) is 4.79 Å². The number of ether oxygens (including phenoxy) is 1. The summed E-state index contributed by atoms with van der Waals surface area (Å²) in [6.45, 7) is 84.2. The number of hydrogen-bond acceptors (Lipinski definition) is 9. The SMILES string of the molecule is CC(C)N(C(C)C)P(OCCOCCSC(=O)NC(CO[Si](C(C)(C)C)(C(C)(C)C)C(C)(C)C)(CO[Si](C(C)(C)C)(C(C)(C)C)C(C)(C)C)CO[Si](C(C)(C)C)(C(C)(C)C)C(C)(C)C)N(C(C)C)C(C)C. The molecular formula is C57H124N3O6PSSi3. The quantitative estimate of drug-likeness (QED) is 0.0611. The maximum atomic E-state index is 15.0. The van der Waals surface area contributed by atoms with E-state index in [2.05, 4.69) is 257 Å². The van der Waals surface area contributed by atoms with Crippen molar-refractivity contribution >= 4 is 50.4 Å². The molecule has 1 N–H and O–H groups in total. The maximum Gasteiger partial charge on any atom is 0.279 e. The van der Waals surface area contributed by atoms with E-state index in [1.54, 1.807) is 0 Å². The van der Waals surface area contributed by atoms with Crippen LogP contribution in [0.15, 0.2) is 0 Å². The molecule has 0 spiro atoms. The van der Waals surface area contributed by atoms with Crippen molar-refractivity contribution in [1.29, 1.82) is 0 Å². The van der Waals surface area contributed by atoms with Gasteiger partial charge in [-0.05, 0) is 101 Å². The van der Waals surface area contributed by atoms with Crippen molar-refractivity contribution in [2.45, 2.75) is 317 Å². The summed E-state index contributed by atoms with van der Waals surface area (Å²) in [5, 5.41) is 2.26. The van der Waals surface area contributed by atoms with Crippen molar-refractivity contribution in [3.05, 3.63) is 0 Å². The summed E-state index contributed by atoms with van der Waals surface area (Å²) in [7, 11) is -9.43. The minimum absolute atomic E-state index is 0.114. The molecule has 0 aliphatic carbocycles. The lowest BCUT2D eigenvalue weighted by Crippen LogP contribution is -2.69. The van der Waals surface area contributed by atoms with Crippen LogP contribution in [0.1, 0.15) is 242 Å². The van der Waals surface area contributed by atoms with Gasteiger partial charge in [0.05, 0.1) is 39.6 Å². The van der Waals surface area contributed by atoms with E-state index in [9.17, 15) is 0 Å². The Labute approximate surface area is 452 Å². The van der Waals surface area contributed by atoms with Crippen molar-refractivity contribution < 1.29 is 27.3 Å². The Morgan fingerprint density at radius 3 is 0.873 bits per heavy atom. The predicted octanol–water partition coefficient (Wildman–Crippen LogP) is 18.8. The lowest BCUT2D eigenvalue weighted by Gasteiger charge is -2.61. The molecular weight excluding hydrogens is 970 g/mol. The van der Waals surface area contributed by atoms with Crippen LogP contribution in [-0.4, -0.2) is 115 Å². The van der Waals surface area contributed by atoms with E-state index < -0.39 is 38.9 Å². The second kappa shape index (κ2) is 25.2. The Morgan fingerprint density at radius 2 is 0.662 bits per heavy atom. The smallest absolute Gasteiger partial charge is 0.279 e. The molecule has 426 valence electrons. The number of carbonyl (C=O) groups is 1. The highest BCUT2D eigenvalue weighted by Crippen LogP contribution is 2.66. The zero-order chi connectivity index (χ0) is 57.0. The van der Waals surface area contributed by atoms with Gasteiger partial charge in [-0.15, -0.1) is 0 Å². The molecule has 1 amide bonds. The molecule has 0 rings (SSSR count). The monoisotopic (exact) mass is 1090 g/mol. The third-order valence-electron chi connectivity index (χ3n) is 15.0. The first-order valence-electron chi connectivity index (χ1n) is 27.6. The first-order valence-corrected chi connectivity index (χ1v) is 35.5. The van der Waals surface area contributed by atoms with Crippen LogP contribution < -0.4 is 5.32 Å². The van der Waals surface area contributed by atoms with Crippen LogP contribution in [0.3, 0.4) is 0 Å². The Balaban J connectivity index is 7.90. The standard InChI is InChI=1S/C57H124N3O6PSSi3/c1-43(2)59(44(3)4)67(60(45(5)6)46(7)8)63-37-36-62-38-39-68-47(61)58-57(40-64-69(48(9,10)11,49(12,13)14)50(15,16)17,41-65-70(51(18,19)20,52(21,22)23)53(24,25)26)42-66-71(54(27,28)29,55(30,31)32)56(33,34)35/h43-46H,36-42H2,1-35H3,(H,58,61). The Kier molecular flexibility index (Phi) is 25.4. The van der Waals surface area contributed by atoms with E-state index >= 15 is 4.79 Å². The summed E-state index contributed by atoms with van der Waals surface area (Å²) in [5.74, 6) is 0.494. The highest BCUT2D eigenvalue weighted by atomic mass is 32.2. The molecule has 71 heavy (non-hydrogen) atoms. The molecule has 0 fully saturated rings. The minimum atomic E-state index is -2.81. The summed E-state index contributed by atoms with van der Waals surface area (Å²) in [4.78, 5) is 15.0. The van der Waals surface area contributed by atoms with Gasteiger partial charge in [-0.1, -0.05) is 199 Å². The molecule has 0 aromatic heterocycles. The molecule has 0 bridgehead atoms. The topological polar surface area (TPSA) is 81.7 Å². The number of nitrogens with one attached hydrogen (secondary N) is 1. The van der Waals surface area contributed by atoms with Crippen LogP contribution >= 0.6 is 20.2 Å². The van der Waals surface area contributed by atoms with Crippen LogP contribution in [0.2, 0.25) is 45.3 Å². The Morgan fingerprint density at radius 1 is 0.423 bits per heavy atom. The molecule has 0 aromatic rings. The molecule has 0 saturated heterocycles. The molecule has 0 aromatic carbocycles. The average molecular weight is 1090 g/mol. The minimum Gasteiger partial charge on any atom is -0.413 e. The van der Waals surface area contributed by atoms with Gasteiger partial charge < -0.3 is 27.9 Å². The van der Waals surface area contributed by atoms with Gasteiger partial charge in [-0.3, -0.25) is 4.79 Å². The zero-order valence-electron chi connectivity index (χ0n) is 54.0. The first-order chi connectivity index (χ1) is 31.1. The summed E-state index contributed by atoms with van der Waals surface area (Å²) in [6, 6.07) is 1.34. The fourth-order valence-electron chi connectivity index (χ4n) is 16.0. The van der Waals surface area contributed by atoms with E-state index in [4.69, 9.17) is 22.5 Å². The van der Waals surface area contributed by atoms with Crippen molar-refractivity contribution in [1.82, 2.24) is 14.7 Å². The second-order valence-corrected chi connectivity index (χ2v) is 52.7. The van der Waals surface area contributed by atoms with Gasteiger partial charge in [0.2, 0.25) is 25.0 Å². The third-order valence-corrected chi connectivity index (χ3v) is 39.5. The molecule has 0 aliphatic rings. The largest absolute Gasteiger partial charge is 0.413 e. The zero-order valence-corrected chi connectivity index (χ0v) is 58.7. The van der Waals surface area contributed by atoms with Crippen LogP contribution in [-0.2, 0) is 22.5 Å². The van der Waals surface area contributed by atoms with E-state index in [1.807, 2.05) is 0 Å². The number of thioether (sulfide) groups is 1. The number of amides is 1. The molecule has 0 aliphatic heterocycles. The van der Waals surface area contributed by atoms with Crippen LogP contribution in [0.5, 0.6) is 0 Å². The second-order valence-electron chi connectivity index (χ2n) is 31.5. The van der Waals surface area contributed by atoms with Gasteiger partial charge >= 0.3 is 0 Å². The van der Waals surface area contributed by atoms with Gasteiger partial charge in [0, 0.05) is 29.9 Å². The van der Waals surface area contributed by atoms with Gasteiger partial charge in [-0.25, -0.2) is 9.34 Å². The van der Waals surface area contributed by atoms with Crippen molar-refractivity contribution in [3.63, 3.8) is 0 Å². The highest BCUT2D eigenvalue weighted by Gasteiger charge is 2.66. The fourth-order valence-corrected chi connectivity index (χ4v) is 44.6. The number of carbonyl (C=O) groups excluding carboxylic acids is 1. The lowest BCUT2D eigenvalue weighted by molar-refractivity contribution is 0.0448. The molecule has 0 saturated carbocycles. The first kappa shape index (κ1) is 71.6. The van der Waals surface area contributed by atoms with Crippen molar-refractivity contribution in [2.75, 3.05) is 45.4 Å². The van der Waals surface area contributed by atoms with Gasteiger partial charge in [0.25, 0.3) is 5.24 Å². The van der Waals surface area contributed by atoms with E-state index in [0.29, 0.717) is 49.7 Å². The van der Waals surface area contributed by atoms with E-state index in [-0.39, 0.29) is 70.4 Å². The molecule has 0 radical (unpaired) electrons. The molecule has 0 heterocycles. The summed E-state index contributed by atoms with van der Waals surface area (Å²) < 4.78 is 41.9. The van der Waals surface area contributed by atoms with Crippen molar-refractivity contribution in [3.8, 4) is 0 Å². The van der Waals surface area contributed by atoms with Gasteiger partial charge in [-0.2, -0.15) is 0 Å². The van der Waals surface area contributed by atoms with Gasteiger partial charge in [0.1, 0.15) is 5.54 Å². The van der Waals surface area contributed by atoms with E-state index in [1.165, 1.54) is 11.8 Å². The predicted molar refractivity (Wildman–Crippen MR) is 324 cm³/mol. The number of rotatable bonds is 23.